The van der Waals surface area contributed by atoms with Gasteiger partial charge in [-0.05, 0) is 37.0 Å². The van der Waals surface area contributed by atoms with E-state index >= 15 is 0 Å². The molecule has 1 rings (SSSR count). The number of nitrogens with two attached hydrogens (primary N) is 1. The zero-order chi connectivity index (χ0) is 12.8. The zero-order valence-electron chi connectivity index (χ0n) is 10.8. The summed E-state index contributed by atoms with van der Waals surface area (Å²) in [5.41, 5.74) is 7.05. The number of esters is 1. The van der Waals surface area contributed by atoms with E-state index < -0.39 is 0 Å². The summed E-state index contributed by atoms with van der Waals surface area (Å²) < 4.78 is 5.37. The lowest BCUT2D eigenvalue weighted by Gasteiger charge is -2.15. The molecule has 2 N–H and O–H groups in total. The molecule has 0 aliphatic carbocycles. The zero-order valence-corrected chi connectivity index (χ0v) is 10.8. The molecule has 0 aliphatic heterocycles. The van der Waals surface area contributed by atoms with Crippen LogP contribution in [-0.2, 0) is 11.3 Å². The van der Waals surface area contributed by atoms with Crippen LogP contribution < -0.4 is 5.73 Å². The second-order valence-corrected chi connectivity index (χ2v) is 4.75. The van der Waals surface area contributed by atoms with Crippen molar-refractivity contribution in [3.8, 4) is 0 Å². The van der Waals surface area contributed by atoms with Gasteiger partial charge in [-0.3, -0.25) is 0 Å². The van der Waals surface area contributed by atoms with Gasteiger partial charge >= 0.3 is 5.97 Å². The van der Waals surface area contributed by atoms with E-state index in [1.807, 2.05) is 19.1 Å². The molecular weight excluding hydrogens is 214 g/mol. The molecule has 0 saturated heterocycles. The number of hydrogen-bond acceptors (Lipinski definition) is 3. The Morgan fingerprint density at radius 2 is 2.06 bits per heavy atom. The van der Waals surface area contributed by atoms with E-state index in [2.05, 4.69) is 13.8 Å². The van der Waals surface area contributed by atoms with Crippen molar-refractivity contribution in [2.24, 2.45) is 11.7 Å². The van der Waals surface area contributed by atoms with Crippen molar-refractivity contribution in [1.29, 1.82) is 0 Å². The Kier molecular flexibility index (Phi) is 5.16. The van der Waals surface area contributed by atoms with Crippen LogP contribution in [0.2, 0.25) is 0 Å². The third-order valence-corrected chi connectivity index (χ3v) is 2.51. The normalized spacial score (nSPS) is 12.5. The molecule has 0 aromatic heterocycles. The van der Waals surface area contributed by atoms with Crippen molar-refractivity contribution in [3.63, 3.8) is 0 Å². The maximum absolute atomic E-state index is 11.8. The summed E-state index contributed by atoms with van der Waals surface area (Å²) in [5, 5.41) is 0. The lowest BCUT2D eigenvalue weighted by molar-refractivity contribution is 0.0299. The summed E-state index contributed by atoms with van der Waals surface area (Å²) in [6, 6.07) is 7.26. The molecule has 17 heavy (non-hydrogen) atoms. The van der Waals surface area contributed by atoms with E-state index in [1.165, 1.54) is 0 Å². The van der Waals surface area contributed by atoms with Gasteiger partial charge in [0, 0.05) is 6.54 Å². The summed E-state index contributed by atoms with van der Waals surface area (Å²) in [6.07, 6.45) is 0.825. The minimum absolute atomic E-state index is 0.0518. The molecule has 3 nitrogen and oxygen atoms in total. The maximum Gasteiger partial charge on any atom is 0.338 e. The highest BCUT2D eigenvalue weighted by Crippen LogP contribution is 2.12. The Hall–Kier alpha value is -1.35. The number of carbonyl (C=O) groups excluding carboxylic acids is 1. The minimum atomic E-state index is -0.270. The van der Waals surface area contributed by atoms with Crippen LogP contribution in [0.25, 0.3) is 0 Å². The first-order valence-electron chi connectivity index (χ1n) is 6.03. The summed E-state index contributed by atoms with van der Waals surface area (Å²) in [7, 11) is 0. The highest BCUT2D eigenvalue weighted by molar-refractivity contribution is 5.89. The monoisotopic (exact) mass is 235 g/mol. The van der Waals surface area contributed by atoms with Gasteiger partial charge in [0.15, 0.2) is 0 Å². The summed E-state index contributed by atoms with van der Waals surface area (Å²) in [4.78, 5) is 11.8. The average Bonchev–Trinajstić information content (AvgIpc) is 2.27. The van der Waals surface area contributed by atoms with Gasteiger partial charge < -0.3 is 10.5 Å². The Morgan fingerprint density at radius 3 is 2.65 bits per heavy atom. The number of carbonyl (C=O) groups is 1. The molecule has 1 unspecified atom stereocenters. The van der Waals surface area contributed by atoms with E-state index in [1.54, 1.807) is 12.1 Å². The van der Waals surface area contributed by atoms with Crippen molar-refractivity contribution in [1.82, 2.24) is 0 Å². The van der Waals surface area contributed by atoms with Crippen LogP contribution in [0.4, 0.5) is 0 Å². The Labute approximate surface area is 103 Å². The molecule has 0 radical (unpaired) electrons. The predicted molar refractivity (Wildman–Crippen MR) is 68.7 cm³/mol. The standard InChI is InChI=1S/C14H21NO2/c1-10(2)7-11(3)17-14(16)13-6-4-5-12(8-13)9-15/h4-6,8,10-11H,7,9,15H2,1-3H3. The van der Waals surface area contributed by atoms with Crippen molar-refractivity contribution < 1.29 is 9.53 Å². The molecule has 1 aromatic rings. The third kappa shape index (κ3) is 4.57. The van der Waals surface area contributed by atoms with E-state index in [4.69, 9.17) is 10.5 Å². The van der Waals surface area contributed by atoms with Crippen LogP contribution in [-0.4, -0.2) is 12.1 Å². The molecule has 94 valence electrons. The second kappa shape index (κ2) is 6.40. The van der Waals surface area contributed by atoms with Crippen molar-refractivity contribution in [2.45, 2.75) is 39.8 Å². The van der Waals surface area contributed by atoms with Crippen LogP contribution >= 0.6 is 0 Å². The van der Waals surface area contributed by atoms with Gasteiger partial charge in [0.2, 0.25) is 0 Å². The minimum Gasteiger partial charge on any atom is -0.459 e. The number of ether oxygens (including phenoxy) is 1. The number of benzene rings is 1. The molecule has 0 heterocycles. The largest absolute Gasteiger partial charge is 0.459 e. The van der Waals surface area contributed by atoms with Gasteiger partial charge in [0.25, 0.3) is 0 Å². The second-order valence-electron chi connectivity index (χ2n) is 4.75. The van der Waals surface area contributed by atoms with Crippen LogP contribution in [0.1, 0.15) is 43.1 Å². The molecule has 0 spiro atoms. The SMILES string of the molecule is CC(C)CC(C)OC(=O)c1cccc(CN)c1. The van der Waals surface area contributed by atoms with Crippen LogP contribution in [0, 0.1) is 5.92 Å². The Balaban J connectivity index is 2.63. The molecule has 0 saturated carbocycles. The van der Waals surface area contributed by atoms with E-state index in [-0.39, 0.29) is 12.1 Å². The Morgan fingerprint density at radius 1 is 1.35 bits per heavy atom. The molecule has 0 aliphatic rings. The third-order valence-electron chi connectivity index (χ3n) is 2.51. The summed E-state index contributed by atoms with van der Waals surface area (Å²) >= 11 is 0. The van der Waals surface area contributed by atoms with Gasteiger partial charge in [-0.25, -0.2) is 4.79 Å². The lowest BCUT2D eigenvalue weighted by atomic mass is 10.1. The molecule has 1 atom stereocenters. The number of hydrogen-bond donors (Lipinski definition) is 1. The summed E-state index contributed by atoms with van der Waals surface area (Å²) in [6.45, 7) is 6.58. The lowest BCUT2D eigenvalue weighted by Crippen LogP contribution is -2.17. The first kappa shape index (κ1) is 13.7. The maximum atomic E-state index is 11.8. The first-order valence-corrected chi connectivity index (χ1v) is 6.03. The van der Waals surface area contributed by atoms with Crippen LogP contribution in [0.3, 0.4) is 0 Å². The van der Waals surface area contributed by atoms with E-state index in [9.17, 15) is 4.79 Å². The van der Waals surface area contributed by atoms with Gasteiger partial charge in [0.1, 0.15) is 0 Å². The van der Waals surface area contributed by atoms with Crippen LogP contribution in [0.5, 0.6) is 0 Å². The number of rotatable bonds is 5. The fourth-order valence-corrected chi connectivity index (χ4v) is 1.79. The van der Waals surface area contributed by atoms with Gasteiger partial charge in [-0.15, -0.1) is 0 Å². The van der Waals surface area contributed by atoms with E-state index in [0.29, 0.717) is 18.0 Å². The first-order chi connectivity index (χ1) is 8.02. The fourth-order valence-electron chi connectivity index (χ4n) is 1.79. The Bertz CT molecular complexity index is 374. The molecule has 0 amide bonds. The van der Waals surface area contributed by atoms with Gasteiger partial charge in [-0.1, -0.05) is 26.0 Å². The highest BCUT2D eigenvalue weighted by atomic mass is 16.5. The van der Waals surface area contributed by atoms with Crippen molar-refractivity contribution >= 4 is 5.97 Å². The average molecular weight is 235 g/mol. The van der Waals surface area contributed by atoms with Crippen molar-refractivity contribution in [2.75, 3.05) is 0 Å². The molecule has 0 fully saturated rings. The molecule has 1 aromatic carbocycles. The fraction of sp³-hybridized carbons (Fsp3) is 0.500. The quantitative estimate of drug-likeness (QED) is 0.798. The van der Waals surface area contributed by atoms with Gasteiger partial charge in [-0.2, -0.15) is 0 Å². The highest BCUT2D eigenvalue weighted by Gasteiger charge is 2.13. The smallest absolute Gasteiger partial charge is 0.338 e. The van der Waals surface area contributed by atoms with Crippen LogP contribution in [0.15, 0.2) is 24.3 Å². The van der Waals surface area contributed by atoms with E-state index in [0.717, 1.165) is 12.0 Å². The molecular formula is C14H21NO2. The topological polar surface area (TPSA) is 52.3 Å². The molecule has 0 bridgehead atoms. The van der Waals surface area contributed by atoms with Gasteiger partial charge in [0.05, 0.1) is 11.7 Å². The van der Waals surface area contributed by atoms with Crippen molar-refractivity contribution in [3.05, 3.63) is 35.4 Å². The summed E-state index contributed by atoms with van der Waals surface area (Å²) in [5.74, 6) is 0.252. The molecule has 3 heteroatoms. The predicted octanol–water partition coefficient (Wildman–Crippen LogP) is 2.74.